The van der Waals surface area contributed by atoms with Crippen LogP contribution >= 0.6 is 0 Å². The Labute approximate surface area is 119 Å². The van der Waals surface area contributed by atoms with Gasteiger partial charge in [0.1, 0.15) is 0 Å². The molecule has 0 saturated carbocycles. The molecule has 1 aromatic heterocycles. The maximum Gasteiger partial charge on any atom is 0.249 e. The van der Waals surface area contributed by atoms with Gasteiger partial charge < -0.3 is 10.6 Å². The number of benzene rings is 1. The molecule has 0 aliphatic carbocycles. The van der Waals surface area contributed by atoms with Gasteiger partial charge in [-0.25, -0.2) is 0 Å². The minimum absolute atomic E-state index is 0.481. The van der Waals surface area contributed by atoms with E-state index in [0.29, 0.717) is 18.3 Å². The Hall–Kier alpha value is -2.43. The van der Waals surface area contributed by atoms with Crippen molar-refractivity contribution >= 4 is 17.5 Å². The van der Waals surface area contributed by atoms with Crippen LogP contribution in [0.3, 0.4) is 0 Å². The molecule has 0 spiro atoms. The van der Waals surface area contributed by atoms with Crippen molar-refractivity contribution in [3.8, 4) is 0 Å². The molecule has 0 aliphatic heterocycles. The highest BCUT2D eigenvalue weighted by atomic mass is 15.3. The molecule has 2 aromatic rings. The lowest BCUT2D eigenvalue weighted by atomic mass is 10.1. The van der Waals surface area contributed by atoms with Crippen molar-refractivity contribution < 1.29 is 0 Å². The number of aryl methyl sites for hydroxylation is 3. The maximum atomic E-state index is 4.37. The van der Waals surface area contributed by atoms with Crippen LogP contribution in [0.5, 0.6) is 0 Å². The average molecular weight is 269 g/mol. The van der Waals surface area contributed by atoms with Crippen LogP contribution in [0.2, 0.25) is 0 Å². The summed E-state index contributed by atoms with van der Waals surface area (Å²) in [7, 11) is 0. The molecule has 5 heteroatoms. The molecule has 0 atom stereocenters. The van der Waals surface area contributed by atoms with E-state index in [1.54, 1.807) is 12.3 Å². The Bertz CT molecular complexity index is 598. The summed E-state index contributed by atoms with van der Waals surface area (Å²) in [6.07, 6.45) is 3.35. The summed E-state index contributed by atoms with van der Waals surface area (Å²) >= 11 is 0. The molecule has 0 fully saturated rings. The topological polar surface area (TPSA) is 62.7 Å². The molecule has 2 N–H and O–H groups in total. The second-order valence-corrected chi connectivity index (χ2v) is 4.73. The highest BCUT2D eigenvalue weighted by Gasteiger charge is 2.06. The molecule has 0 radical (unpaired) electrons. The maximum absolute atomic E-state index is 4.37. The van der Waals surface area contributed by atoms with E-state index in [1.807, 2.05) is 0 Å². The molecular weight excluding hydrogens is 250 g/mol. The van der Waals surface area contributed by atoms with Crippen LogP contribution in [0, 0.1) is 20.8 Å². The molecule has 20 heavy (non-hydrogen) atoms. The van der Waals surface area contributed by atoms with Crippen molar-refractivity contribution in [1.82, 2.24) is 15.2 Å². The highest BCUT2D eigenvalue weighted by molar-refractivity contribution is 5.64. The molecule has 1 aromatic carbocycles. The zero-order valence-electron chi connectivity index (χ0n) is 12.1. The number of nitrogens with one attached hydrogen (secondary N) is 2. The fourth-order valence-electron chi connectivity index (χ4n) is 2.11. The van der Waals surface area contributed by atoms with Gasteiger partial charge in [-0.3, -0.25) is 0 Å². The van der Waals surface area contributed by atoms with Gasteiger partial charge >= 0.3 is 0 Å². The number of aromatic nitrogens is 3. The summed E-state index contributed by atoms with van der Waals surface area (Å²) in [4.78, 5) is 4.37. The van der Waals surface area contributed by atoms with Gasteiger partial charge in [-0.1, -0.05) is 23.8 Å². The van der Waals surface area contributed by atoms with Crippen LogP contribution < -0.4 is 10.6 Å². The van der Waals surface area contributed by atoms with Crippen molar-refractivity contribution in [3.05, 3.63) is 47.7 Å². The first-order valence-corrected chi connectivity index (χ1v) is 6.49. The molecule has 0 bridgehead atoms. The predicted molar refractivity (Wildman–Crippen MR) is 82.4 cm³/mol. The Morgan fingerprint density at radius 1 is 1.20 bits per heavy atom. The van der Waals surface area contributed by atoms with Gasteiger partial charge in [-0.05, 0) is 31.9 Å². The van der Waals surface area contributed by atoms with E-state index < -0.39 is 0 Å². The second kappa shape index (κ2) is 6.14. The van der Waals surface area contributed by atoms with Crippen molar-refractivity contribution in [2.45, 2.75) is 20.8 Å². The summed E-state index contributed by atoms with van der Waals surface area (Å²) in [6.45, 7) is 10.5. The molecule has 0 amide bonds. The minimum atomic E-state index is 0.481. The van der Waals surface area contributed by atoms with E-state index in [4.69, 9.17) is 0 Å². The fourth-order valence-corrected chi connectivity index (χ4v) is 2.11. The molecule has 1 heterocycles. The van der Waals surface area contributed by atoms with E-state index in [2.05, 4.69) is 65.3 Å². The standard InChI is InChI=1S/C15H19N5/c1-5-6-16-13-9-17-20-15(18-13)19-14-11(3)7-10(2)8-12(14)4/h5,7-9H,1,6H2,2-4H3,(H2,16,18,19,20). The molecule has 104 valence electrons. The van der Waals surface area contributed by atoms with Crippen LogP contribution in [-0.4, -0.2) is 21.7 Å². The number of hydrogen-bond donors (Lipinski definition) is 2. The third-order valence-electron chi connectivity index (χ3n) is 2.90. The summed E-state index contributed by atoms with van der Waals surface area (Å²) in [5, 5.41) is 14.3. The summed E-state index contributed by atoms with van der Waals surface area (Å²) in [6, 6.07) is 4.26. The lowest BCUT2D eigenvalue weighted by molar-refractivity contribution is 0.974. The van der Waals surface area contributed by atoms with Gasteiger partial charge in [0.2, 0.25) is 5.95 Å². The van der Waals surface area contributed by atoms with Crippen LogP contribution in [-0.2, 0) is 0 Å². The average Bonchev–Trinajstić information content (AvgIpc) is 2.41. The Morgan fingerprint density at radius 2 is 1.90 bits per heavy atom. The Morgan fingerprint density at radius 3 is 2.55 bits per heavy atom. The van der Waals surface area contributed by atoms with Crippen molar-refractivity contribution in [3.63, 3.8) is 0 Å². The van der Waals surface area contributed by atoms with Crippen LogP contribution in [0.1, 0.15) is 16.7 Å². The minimum Gasteiger partial charge on any atom is -0.365 e. The van der Waals surface area contributed by atoms with E-state index in [9.17, 15) is 0 Å². The Kier molecular flexibility index (Phi) is 4.30. The number of rotatable bonds is 5. The van der Waals surface area contributed by atoms with Crippen LogP contribution in [0.4, 0.5) is 17.5 Å². The summed E-state index contributed by atoms with van der Waals surface area (Å²) < 4.78 is 0. The van der Waals surface area contributed by atoms with Gasteiger partial charge in [0.15, 0.2) is 5.82 Å². The van der Waals surface area contributed by atoms with Crippen molar-refractivity contribution in [1.29, 1.82) is 0 Å². The van der Waals surface area contributed by atoms with Crippen LogP contribution in [0.25, 0.3) is 0 Å². The Balaban J connectivity index is 2.24. The molecule has 5 nitrogen and oxygen atoms in total. The smallest absolute Gasteiger partial charge is 0.249 e. The van der Waals surface area contributed by atoms with Crippen molar-refractivity contribution in [2.24, 2.45) is 0 Å². The molecule has 0 saturated heterocycles. The van der Waals surface area contributed by atoms with E-state index in [-0.39, 0.29) is 0 Å². The third-order valence-corrected chi connectivity index (χ3v) is 2.90. The van der Waals surface area contributed by atoms with Gasteiger partial charge in [-0.2, -0.15) is 10.1 Å². The van der Waals surface area contributed by atoms with Crippen LogP contribution in [0.15, 0.2) is 31.0 Å². The number of hydrogen-bond acceptors (Lipinski definition) is 5. The zero-order valence-corrected chi connectivity index (χ0v) is 12.1. The fraction of sp³-hybridized carbons (Fsp3) is 0.267. The predicted octanol–water partition coefficient (Wildman–Crippen LogP) is 3.14. The molecular formula is C15H19N5. The largest absolute Gasteiger partial charge is 0.365 e. The monoisotopic (exact) mass is 269 g/mol. The first-order chi connectivity index (χ1) is 9.60. The highest BCUT2D eigenvalue weighted by Crippen LogP contribution is 2.24. The first kappa shape index (κ1) is 14.0. The zero-order chi connectivity index (χ0) is 14.5. The lowest BCUT2D eigenvalue weighted by Crippen LogP contribution is -2.06. The van der Waals surface area contributed by atoms with E-state index in [1.165, 1.54) is 5.56 Å². The van der Waals surface area contributed by atoms with Gasteiger partial charge in [-0.15, -0.1) is 11.7 Å². The molecule has 0 unspecified atom stereocenters. The normalized spacial score (nSPS) is 10.2. The van der Waals surface area contributed by atoms with E-state index in [0.717, 1.165) is 16.8 Å². The van der Waals surface area contributed by atoms with Gasteiger partial charge in [0, 0.05) is 12.2 Å². The molecule has 0 aliphatic rings. The SMILES string of the molecule is C=CCNc1cnnc(Nc2c(C)cc(C)cc2C)n1. The number of nitrogens with zero attached hydrogens (tertiary/aromatic N) is 3. The second-order valence-electron chi connectivity index (χ2n) is 4.73. The summed E-state index contributed by atoms with van der Waals surface area (Å²) in [5.41, 5.74) is 4.59. The molecule has 2 rings (SSSR count). The van der Waals surface area contributed by atoms with Crippen molar-refractivity contribution in [2.75, 3.05) is 17.2 Å². The lowest BCUT2D eigenvalue weighted by Gasteiger charge is -2.12. The summed E-state index contributed by atoms with van der Waals surface area (Å²) in [5.74, 6) is 1.15. The number of anilines is 3. The third kappa shape index (κ3) is 3.32. The van der Waals surface area contributed by atoms with E-state index >= 15 is 0 Å². The first-order valence-electron chi connectivity index (χ1n) is 6.49. The van der Waals surface area contributed by atoms with Gasteiger partial charge in [0.05, 0.1) is 6.20 Å². The quantitative estimate of drug-likeness (QED) is 0.816. The van der Waals surface area contributed by atoms with Gasteiger partial charge in [0.25, 0.3) is 0 Å².